The summed E-state index contributed by atoms with van der Waals surface area (Å²) in [7, 11) is 0. The maximum absolute atomic E-state index is 5.38. The molecular weight excluding hydrogens is 212 g/mol. The normalized spacial score (nSPS) is 10.6. The number of hydrogen-bond donors (Lipinski definition) is 2. The molecule has 0 unspecified atom stereocenters. The molecule has 0 fully saturated rings. The van der Waals surface area contributed by atoms with Crippen LogP contribution in [0.4, 0.5) is 11.6 Å². The van der Waals surface area contributed by atoms with Crippen molar-refractivity contribution >= 4 is 11.6 Å². The van der Waals surface area contributed by atoms with E-state index in [0.717, 1.165) is 24.8 Å². The summed E-state index contributed by atoms with van der Waals surface area (Å²) in [6.45, 7) is 8.68. The van der Waals surface area contributed by atoms with Gasteiger partial charge in [-0.3, -0.25) is 0 Å². The van der Waals surface area contributed by atoms with Gasteiger partial charge in [0, 0.05) is 13.1 Å². The molecule has 1 heterocycles. The molecule has 0 spiro atoms. The molecule has 0 aliphatic heterocycles. The number of nitrogens with two attached hydrogens (primary N) is 1. The molecule has 3 N–H and O–H groups in total. The zero-order valence-electron chi connectivity index (χ0n) is 11.1. The highest BCUT2D eigenvalue weighted by atomic mass is 15.3. The molecule has 4 heteroatoms. The molecule has 0 aliphatic carbocycles. The number of aromatic nitrogens is 1. The van der Waals surface area contributed by atoms with Crippen molar-refractivity contribution in [1.29, 1.82) is 0 Å². The molecule has 1 rings (SSSR count). The van der Waals surface area contributed by atoms with Crippen LogP contribution in [-0.2, 0) is 0 Å². The number of anilines is 2. The first kappa shape index (κ1) is 13.8. The van der Waals surface area contributed by atoms with Crippen LogP contribution >= 0.6 is 0 Å². The van der Waals surface area contributed by atoms with Crippen molar-refractivity contribution in [3.05, 3.63) is 18.2 Å². The maximum atomic E-state index is 5.38. The van der Waals surface area contributed by atoms with Crippen molar-refractivity contribution in [2.45, 2.75) is 33.6 Å². The first-order valence-electron chi connectivity index (χ1n) is 6.43. The Morgan fingerprint density at radius 1 is 1.29 bits per heavy atom. The van der Waals surface area contributed by atoms with Crippen molar-refractivity contribution in [2.75, 3.05) is 23.4 Å². The van der Waals surface area contributed by atoms with Gasteiger partial charge >= 0.3 is 0 Å². The van der Waals surface area contributed by atoms with Crippen LogP contribution in [0.15, 0.2) is 18.2 Å². The second kappa shape index (κ2) is 7.12. The van der Waals surface area contributed by atoms with Crippen molar-refractivity contribution < 1.29 is 0 Å². The second-order valence-corrected chi connectivity index (χ2v) is 4.25. The largest absolute Gasteiger partial charge is 0.357 e. The van der Waals surface area contributed by atoms with Gasteiger partial charge in [-0.1, -0.05) is 32.8 Å². The third-order valence-electron chi connectivity index (χ3n) is 3.22. The lowest BCUT2D eigenvalue weighted by atomic mass is 10.0. The Morgan fingerprint density at radius 3 is 2.53 bits per heavy atom. The highest BCUT2D eigenvalue weighted by Crippen LogP contribution is 2.17. The van der Waals surface area contributed by atoms with Gasteiger partial charge in [-0.05, 0) is 25.0 Å². The molecule has 17 heavy (non-hydrogen) atoms. The number of nitrogens with zero attached hydrogens (tertiary/aromatic N) is 2. The van der Waals surface area contributed by atoms with Crippen LogP contribution < -0.4 is 16.2 Å². The minimum absolute atomic E-state index is 0.713. The van der Waals surface area contributed by atoms with Crippen LogP contribution in [0, 0.1) is 5.92 Å². The number of nitrogens with one attached hydrogen (secondary N) is 1. The van der Waals surface area contributed by atoms with E-state index in [4.69, 9.17) is 5.84 Å². The third kappa shape index (κ3) is 3.89. The summed E-state index contributed by atoms with van der Waals surface area (Å²) in [5, 5.41) is 0. The van der Waals surface area contributed by atoms with Crippen LogP contribution in [0.3, 0.4) is 0 Å². The predicted molar refractivity (Wildman–Crippen MR) is 74.0 cm³/mol. The van der Waals surface area contributed by atoms with Gasteiger partial charge in [0.1, 0.15) is 11.6 Å². The number of hydrazine groups is 1. The lowest BCUT2D eigenvalue weighted by molar-refractivity contribution is 0.484. The Kier molecular flexibility index (Phi) is 5.77. The lowest BCUT2D eigenvalue weighted by Gasteiger charge is -2.26. The quantitative estimate of drug-likeness (QED) is 0.564. The molecule has 0 saturated carbocycles. The molecule has 1 aromatic rings. The SMILES string of the molecule is CCC(CC)CN(CC)c1cccc(NN)n1. The predicted octanol–water partition coefficient (Wildman–Crippen LogP) is 2.63. The van der Waals surface area contributed by atoms with Crippen molar-refractivity contribution in [3.63, 3.8) is 0 Å². The molecule has 0 saturated heterocycles. The molecule has 0 atom stereocenters. The average molecular weight is 236 g/mol. The highest BCUT2D eigenvalue weighted by Gasteiger charge is 2.11. The van der Waals surface area contributed by atoms with Crippen molar-refractivity contribution in [2.24, 2.45) is 11.8 Å². The maximum Gasteiger partial charge on any atom is 0.142 e. The van der Waals surface area contributed by atoms with E-state index in [0.29, 0.717) is 5.82 Å². The molecule has 0 aromatic carbocycles. The van der Waals surface area contributed by atoms with E-state index in [-0.39, 0.29) is 0 Å². The van der Waals surface area contributed by atoms with E-state index in [1.54, 1.807) is 0 Å². The van der Waals surface area contributed by atoms with E-state index in [1.165, 1.54) is 12.8 Å². The van der Waals surface area contributed by atoms with E-state index in [1.807, 2.05) is 18.2 Å². The summed E-state index contributed by atoms with van der Waals surface area (Å²) in [6, 6.07) is 5.88. The van der Waals surface area contributed by atoms with E-state index < -0.39 is 0 Å². The number of nitrogen functional groups attached to an aromatic ring is 1. The fourth-order valence-electron chi connectivity index (χ4n) is 1.92. The zero-order chi connectivity index (χ0) is 12.7. The van der Waals surface area contributed by atoms with Gasteiger partial charge in [0.25, 0.3) is 0 Å². The van der Waals surface area contributed by atoms with Crippen LogP contribution in [0.25, 0.3) is 0 Å². The Balaban J connectivity index is 2.77. The minimum Gasteiger partial charge on any atom is -0.357 e. The van der Waals surface area contributed by atoms with Crippen molar-refractivity contribution in [1.82, 2.24) is 4.98 Å². The summed E-state index contributed by atoms with van der Waals surface area (Å²) in [5.41, 5.74) is 2.59. The summed E-state index contributed by atoms with van der Waals surface area (Å²) >= 11 is 0. The standard InChI is InChI=1S/C13H24N4/c1-4-11(5-2)10-17(6-3)13-9-7-8-12(15-13)16-14/h7-9,11H,4-6,10,14H2,1-3H3,(H,15,16). The summed E-state index contributed by atoms with van der Waals surface area (Å²) in [6.07, 6.45) is 2.42. The lowest BCUT2D eigenvalue weighted by Crippen LogP contribution is -2.30. The number of pyridine rings is 1. The second-order valence-electron chi connectivity index (χ2n) is 4.25. The summed E-state index contributed by atoms with van der Waals surface area (Å²) in [5.74, 6) is 7.82. The zero-order valence-corrected chi connectivity index (χ0v) is 11.1. The summed E-state index contributed by atoms with van der Waals surface area (Å²) in [4.78, 5) is 6.78. The van der Waals surface area contributed by atoms with Crippen LogP contribution in [0.2, 0.25) is 0 Å². The Hall–Kier alpha value is -1.29. The van der Waals surface area contributed by atoms with Crippen LogP contribution in [-0.4, -0.2) is 18.1 Å². The van der Waals surface area contributed by atoms with Gasteiger partial charge in [0.05, 0.1) is 0 Å². The Bertz CT molecular complexity index is 323. The smallest absolute Gasteiger partial charge is 0.142 e. The van der Waals surface area contributed by atoms with E-state index >= 15 is 0 Å². The van der Waals surface area contributed by atoms with Gasteiger partial charge in [-0.25, -0.2) is 10.8 Å². The van der Waals surface area contributed by atoms with Gasteiger partial charge in [0.15, 0.2) is 0 Å². The molecule has 1 aromatic heterocycles. The van der Waals surface area contributed by atoms with E-state index in [2.05, 4.69) is 36.1 Å². The fourth-order valence-corrected chi connectivity index (χ4v) is 1.92. The Labute approximate surface area is 104 Å². The van der Waals surface area contributed by atoms with Crippen LogP contribution in [0.5, 0.6) is 0 Å². The average Bonchev–Trinajstić information content (AvgIpc) is 2.40. The number of hydrogen-bond acceptors (Lipinski definition) is 4. The van der Waals surface area contributed by atoms with Gasteiger partial charge in [-0.2, -0.15) is 0 Å². The van der Waals surface area contributed by atoms with Crippen molar-refractivity contribution in [3.8, 4) is 0 Å². The molecule has 0 aliphatic rings. The molecule has 0 radical (unpaired) electrons. The van der Waals surface area contributed by atoms with Gasteiger partial charge in [-0.15, -0.1) is 0 Å². The molecule has 96 valence electrons. The third-order valence-corrected chi connectivity index (χ3v) is 3.22. The fraction of sp³-hybridized carbons (Fsp3) is 0.615. The molecular formula is C13H24N4. The Morgan fingerprint density at radius 2 is 2.00 bits per heavy atom. The van der Waals surface area contributed by atoms with Gasteiger partial charge in [0.2, 0.25) is 0 Å². The minimum atomic E-state index is 0.713. The first-order chi connectivity index (χ1) is 8.24. The molecule has 0 bridgehead atoms. The molecule has 4 nitrogen and oxygen atoms in total. The first-order valence-corrected chi connectivity index (χ1v) is 6.43. The van der Waals surface area contributed by atoms with Gasteiger partial charge < -0.3 is 10.3 Å². The summed E-state index contributed by atoms with van der Waals surface area (Å²) < 4.78 is 0. The van der Waals surface area contributed by atoms with Crippen LogP contribution in [0.1, 0.15) is 33.6 Å². The highest BCUT2D eigenvalue weighted by molar-refractivity contribution is 5.46. The monoisotopic (exact) mass is 236 g/mol. The number of rotatable bonds is 7. The van der Waals surface area contributed by atoms with E-state index in [9.17, 15) is 0 Å². The topological polar surface area (TPSA) is 54.2 Å². The molecule has 0 amide bonds.